The number of rotatable bonds is 6. The largest absolute Gasteiger partial charge is 0.379 e. The van der Waals surface area contributed by atoms with Gasteiger partial charge in [0.2, 0.25) is 5.91 Å². The van der Waals surface area contributed by atoms with E-state index in [0.29, 0.717) is 6.42 Å². The quantitative estimate of drug-likeness (QED) is 0.778. The highest BCUT2D eigenvalue weighted by Gasteiger charge is 2.41. The first kappa shape index (κ1) is 17.2. The SMILES string of the molecule is O=C(CC1(N2CCOCC2)CCCC1)NCCC1CCCNC1. The first-order valence-corrected chi connectivity index (χ1v) is 9.59. The van der Waals surface area contributed by atoms with Crippen LogP contribution in [0.3, 0.4) is 0 Å². The van der Waals surface area contributed by atoms with Crippen molar-refractivity contribution in [3.8, 4) is 0 Å². The maximum Gasteiger partial charge on any atom is 0.221 e. The minimum absolute atomic E-state index is 0.111. The summed E-state index contributed by atoms with van der Waals surface area (Å²) in [6.45, 7) is 6.72. The molecule has 1 atom stereocenters. The minimum Gasteiger partial charge on any atom is -0.379 e. The monoisotopic (exact) mass is 323 g/mol. The van der Waals surface area contributed by atoms with Gasteiger partial charge in [0, 0.05) is 31.6 Å². The molecule has 3 fully saturated rings. The summed E-state index contributed by atoms with van der Waals surface area (Å²) in [7, 11) is 0. The molecule has 0 radical (unpaired) electrons. The van der Waals surface area contributed by atoms with E-state index in [4.69, 9.17) is 4.74 Å². The number of carbonyl (C=O) groups is 1. The number of carbonyl (C=O) groups excluding carboxylic acids is 1. The summed E-state index contributed by atoms with van der Waals surface area (Å²) < 4.78 is 5.49. The van der Waals surface area contributed by atoms with Crippen LogP contribution in [-0.2, 0) is 9.53 Å². The van der Waals surface area contributed by atoms with Gasteiger partial charge in [-0.2, -0.15) is 0 Å². The summed E-state index contributed by atoms with van der Waals surface area (Å²) >= 11 is 0. The fourth-order valence-electron chi connectivity index (χ4n) is 4.62. The van der Waals surface area contributed by atoms with Crippen LogP contribution in [0.25, 0.3) is 0 Å². The van der Waals surface area contributed by atoms with Crippen LogP contribution in [0.15, 0.2) is 0 Å². The van der Waals surface area contributed by atoms with Gasteiger partial charge in [-0.05, 0) is 51.1 Å². The van der Waals surface area contributed by atoms with Crippen LogP contribution in [0.5, 0.6) is 0 Å². The maximum absolute atomic E-state index is 12.5. The fraction of sp³-hybridized carbons (Fsp3) is 0.944. The van der Waals surface area contributed by atoms with Gasteiger partial charge >= 0.3 is 0 Å². The number of amides is 1. The topological polar surface area (TPSA) is 53.6 Å². The Bertz CT molecular complexity index is 370. The third-order valence-electron chi connectivity index (χ3n) is 5.98. The van der Waals surface area contributed by atoms with Gasteiger partial charge < -0.3 is 15.4 Å². The van der Waals surface area contributed by atoms with Crippen molar-refractivity contribution in [1.29, 1.82) is 0 Å². The van der Waals surface area contributed by atoms with Gasteiger partial charge in [0.1, 0.15) is 0 Å². The predicted octanol–water partition coefficient (Wildman–Crippen LogP) is 1.53. The third-order valence-corrected chi connectivity index (χ3v) is 5.98. The van der Waals surface area contributed by atoms with E-state index in [0.717, 1.165) is 58.3 Å². The Morgan fingerprint density at radius 2 is 2.00 bits per heavy atom. The number of morpholine rings is 1. The molecular formula is C18H33N3O2. The molecule has 0 spiro atoms. The molecule has 5 heteroatoms. The number of nitrogens with zero attached hydrogens (tertiary/aromatic N) is 1. The molecule has 3 aliphatic rings. The summed E-state index contributed by atoms with van der Waals surface area (Å²) in [5.74, 6) is 0.992. The van der Waals surface area contributed by atoms with Crippen molar-refractivity contribution in [3.05, 3.63) is 0 Å². The number of piperidine rings is 1. The lowest BCUT2D eigenvalue weighted by Gasteiger charge is -2.43. The summed E-state index contributed by atoms with van der Waals surface area (Å²) in [4.78, 5) is 15.0. The molecule has 0 bridgehead atoms. The van der Waals surface area contributed by atoms with Crippen LogP contribution >= 0.6 is 0 Å². The number of hydrogen-bond acceptors (Lipinski definition) is 4. The number of nitrogens with one attached hydrogen (secondary N) is 2. The van der Waals surface area contributed by atoms with Crippen molar-refractivity contribution < 1.29 is 9.53 Å². The lowest BCUT2D eigenvalue weighted by Crippen LogP contribution is -2.54. The fourth-order valence-corrected chi connectivity index (χ4v) is 4.62. The second-order valence-corrected chi connectivity index (χ2v) is 7.56. The van der Waals surface area contributed by atoms with E-state index in [1.165, 1.54) is 38.5 Å². The molecule has 0 aromatic rings. The Kier molecular flexibility index (Phi) is 6.31. The smallest absolute Gasteiger partial charge is 0.221 e. The first-order chi connectivity index (χ1) is 11.3. The summed E-state index contributed by atoms with van der Waals surface area (Å²) in [6, 6.07) is 0. The number of hydrogen-bond donors (Lipinski definition) is 2. The average Bonchev–Trinajstić information content (AvgIpc) is 3.06. The van der Waals surface area contributed by atoms with Gasteiger partial charge in [-0.15, -0.1) is 0 Å². The van der Waals surface area contributed by atoms with Gasteiger partial charge in [-0.1, -0.05) is 12.8 Å². The standard InChI is InChI=1S/C18H33N3O2/c22-17(20-9-5-16-4-3-8-19-15-16)14-18(6-1-2-7-18)21-10-12-23-13-11-21/h16,19H,1-15H2,(H,20,22). The van der Waals surface area contributed by atoms with Crippen LogP contribution in [0.2, 0.25) is 0 Å². The van der Waals surface area contributed by atoms with Gasteiger partial charge in [0.05, 0.1) is 13.2 Å². The van der Waals surface area contributed by atoms with Gasteiger partial charge in [-0.25, -0.2) is 0 Å². The molecule has 1 unspecified atom stereocenters. The summed E-state index contributed by atoms with van der Waals surface area (Å²) in [5, 5.41) is 6.65. The highest BCUT2D eigenvalue weighted by molar-refractivity contribution is 5.77. The molecular weight excluding hydrogens is 290 g/mol. The van der Waals surface area contributed by atoms with Gasteiger partial charge in [0.15, 0.2) is 0 Å². The van der Waals surface area contributed by atoms with E-state index in [1.807, 2.05) is 0 Å². The molecule has 1 saturated carbocycles. The second kappa shape index (κ2) is 8.45. The van der Waals surface area contributed by atoms with Crippen molar-refractivity contribution >= 4 is 5.91 Å². The first-order valence-electron chi connectivity index (χ1n) is 9.59. The molecule has 1 amide bonds. The van der Waals surface area contributed by atoms with Crippen LogP contribution in [0.4, 0.5) is 0 Å². The zero-order valence-corrected chi connectivity index (χ0v) is 14.4. The second-order valence-electron chi connectivity index (χ2n) is 7.56. The van der Waals surface area contributed by atoms with Crippen LogP contribution in [0.1, 0.15) is 51.4 Å². The molecule has 132 valence electrons. The maximum atomic E-state index is 12.5. The van der Waals surface area contributed by atoms with Gasteiger partial charge in [0.25, 0.3) is 0 Å². The normalized spacial score (nSPS) is 28.6. The lowest BCUT2D eigenvalue weighted by molar-refractivity contribution is -0.125. The highest BCUT2D eigenvalue weighted by atomic mass is 16.5. The zero-order valence-electron chi connectivity index (χ0n) is 14.4. The van der Waals surface area contributed by atoms with Gasteiger partial charge in [-0.3, -0.25) is 9.69 Å². The Morgan fingerprint density at radius 1 is 1.22 bits per heavy atom. The van der Waals surface area contributed by atoms with Crippen LogP contribution < -0.4 is 10.6 Å². The molecule has 5 nitrogen and oxygen atoms in total. The zero-order chi connectivity index (χ0) is 16.0. The van der Waals surface area contributed by atoms with E-state index in [-0.39, 0.29) is 11.4 Å². The van der Waals surface area contributed by atoms with Crippen LogP contribution in [-0.4, -0.2) is 62.3 Å². The number of ether oxygens (including phenoxy) is 1. The molecule has 0 aromatic heterocycles. The molecule has 2 N–H and O–H groups in total. The van der Waals surface area contributed by atoms with Crippen molar-refractivity contribution in [1.82, 2.24) is 15.5 Å². The summed E-state index contributed by atoms with van der Waals surface area (Å²) in [5.41, 5.74) is 0.111. The van der Waals surface area contributed by atoms with Crippen molar-refractivity contribution in [2.75, 3.05) is 45.9 Å². The van der Waals surface area contributed by atoms with E-state index in [1.54, 1.807) is 0 Å². The molecule has 2 saturated heterocycles. The molecule has 23 heavy (non-hydrogen) atoms. The molecule has 0 aromatic carbocycles. The predicted molar refractivity (Wildman–Crippen MR) is 91.4 cm³/mol. The average molecular weight is 323 g/mol. The Morgan fingerprint density at radius 3 is 2.70 bits per heavy atom. The van der Waals surface area contributed by atoms with Crippen molar-refractivity contribution in [3.63, 3.8) is 0 Å². The Balaban J connectivity index is 1.44. The lowest BCUT2D eigenvalue weighted by atomic mass is 9.89. The molecule has 2 aliphatic heterocycles. The van der Waals surface area contributed by atoms with E-state index in [9.17, 15) is 4.79 Å². The Hall–Kier alpha value is -0.650. The molecule has 1 aliphatic carbocycles. The Labute approximate surface area is 140 Å². The van der Waals surface area contributed by atoms with Crippen molar-refractivity contribution in [2.24, 2.45) is 5.92 Å². The minimum atomic E-state index is 0.111. The molecule has 2 heterocycles. The van der Waals surface area contributed by atoms with E-state index < -0.39 is 0 Å². The van der Waals surface area contributed by atoms with Crippen LogP contribution in [0, 0.1) is 5.92 Å². The van der Waals surface area contributed by atoms with E-state index in [2.05, 4.69) is 15.5 Å². The van der Waals surface area contributed by atoms with Crippen molar-refractivity contribution in [2.45, 2.75) is 56.9 Å². The highest BCUT2D eigenvalue weighted by Crippen LogP contribution is 2.38. The summed E-state index contributed by atoms with van der Waals surface area (Å²) in [6.07, 6.45) is 9.25. The molecule has 3 rings (SSSR count). The third kappa shape index (κ3) is 4.68. The van der Waals surface area contributed by atoms with E-state index >= 15 is 0 Å².